The molecule has 1 unspecified atom stereocenters. The van der Waals surface area contributed by atoms with Crippen LogP contribution in [-0.2, 0) is 5.88 Å². The molecule has 0 bridgehead atoms. The zero-order chi connectivity index (χ0) is 13.9. The number of hydrogen-bond donors (Lipinski definition) is 0. The molecular weight excluding hydrogens is 250 g/mol. The topological polar surface area (TPSA) is 43.1 Å². The van der Waals surface area contributed by atoms with Gasteiger partial charge in [0.15, 0.2) is 0 Å². The number of nitro groups is 1. The first-order valence-electron chi connectivity index (χ1n) is 6.29. The van der Waals surface area contributed by atoms with Gasteiger partial charge in [0.1, 0.15) is 0 Å². The van der Waals surface area contributed by atoms with Crippen LogP contribution in [0.3, 0.4) is 0 Å². The van der Waals surface area contributed by atoms with Gasteiger partial charge in [-0.05, 0) is 34.9 Å². The van der Waals surface area contributed by atoms with E-state index in [1.54, 1.807) is 12.1 Å². The van der Waals surface area contributed by atoms with E-state index in [1.165, 1.54) is 0 Å². The van der Waals surface area contributed by atoms with E-state index >= 15 is 0 Å². The van der Waals surface area contributed by atoms with E-state index in [0.717, 1.165) is 23.1 Å². The molecule has 100 valence electrons. The molecule has 1 aromatic rings. The Bertz CT molecular complexity index is 444. The van der Waals surface area contributed by atoms with Crippen molar-refractivity contribution in [3.8, 4) is 0 Å². The van der Waals surface area contributed by atoms with Gasteiger partial charge in [-0.15, -0.1) is 11.6 Å². The Hall–Kier alpha value is -1.09. The van der Waals surface area contributed by atoms with Gasteiger partial charge in [-0.25, -0.2) is 0 Å². The molecule has 1 rings (SSSR count). The second-order valence-electron chi connectivity index (χ2n) is 4.96. The number of halogens is 1. The maximum absolute atomic E-state index is 11.0. The Labute approximate surface area is 113 Å². The van der Waals surface area contributed by atoms with Crippen LogP contribution in [0, 0.1) is 10.1 Å². The van der Waals surface area contributed by atoms with Gasteiger partial charge in [0.25, 0.3) is 5.69 Å². The molecule has 0 amide bonds. The van der Waals surface area contributed by atoms with Crippen molar-refractivity contribution in [1.29, 1.82) is 0 Å². The molecule has 0 aliphatic rings. The summed E-state index contributed by atoms with van der Waals surface area (Å²) >= 11 is 6.04. The lowest BCUT2D eigenvalue weighted by Gasteiger charge is -2.19. The van der Waals surface area contributed by atoms with Gasteiger partial charge in [0, 0.05) is 18.0 Å². The number of hydrogen-bond acceptors (Lipinski definition) is 2. The molecule has 0 fully saturated rings. The number of nitro benzene ring substituents is 1. The maximum atomic E-state index is 11.0. The molecular formula is C14H20ClNO2. The first-order valence-corrected chi connectivity index (χ1v) is 6.82. The Morgan fingerprint density at radius 2 is 1.83 bits per heavy atom. The third-order valence-corrected chi connectivity index (χ3v) is 3.68. The van der Waals surface area contributed by atoms with Gasteiger partial charge in [-0.1, -0.05) is 27.7 Å². The molecule has 4 heteroatoms. The molecule has 0 aliphatic carbocycles. The normalized spacial score (nSPS) is 12.8. The summed E-state index contributed by atoms with van der Waals surface area (Å²) < 4.78 is 0. The van der Waals surface area contributed by atoms with Crippen LogP contribution < -0.4 is 0 Å². The van der Waals surface area contributed by atoms with Crippen LogP contribution >= 0.6 is 11.6 Å². The van der Waals surface area contributed by atoms with Crippen molar-refractivity contribution in [3.63, 3.8) is 0 Å². The zero-order valence-corrected chi connectivity index (χ0v) is 12.1. The van der Waals surface area contributed by atoms with E-state index in [0.29, 0.717) is 5.88 Å². The Balaban J connectivity index is 3.50. The minimum atomic E-state index is -0.324. The highest BCUT2D eigenvalue weighted by Crippen LogP contribution is 2.34. The molecule has 0 aromatic heterocycles. The van der Waals surface area contributed by atoms with E-state index < -0.39 is 0 Å². The van der Waals surface area contributed by atoms with Gasteiger partial charge in [0.05, 0.1) is 4.92 Å². The fraction of sp³-hybridized carbons (Fsp3) is 0.571. The second kappa shape index (κ2) is 6.19. The molecule has 0 spiro atoms. The smallest absolute Gasteiger partial charge is 0.258 e. The fourth-order valence-electron chi connectivity index (χ4n) is 2.14. The van der Waals surface area contributed by atoms with Crippen molar-refractivity contribution in [1.82, 2.24) is 0 Å². The van der Waals surface area contributed by atoms with Crippen molar-refractivity contribution in [2.24, 2.45) is 0 Å². The largest absolute Gasteiger partial charge is 0.270 e. The van der Waals surface area contributed by atoms with Crippen molar-refractivity contribution < 1.29 is 4.92 Å². The SMILES string of the molecule is CCC(C)c1cc([N+](=O)[O-])cc(C(C)C)c1CCl. The van der Waals surface area contributed by atoms with Crippen LogP contribution in [0.25, 0.3) is 0 Å². The van der Waals surface area contributed by atoms with Crippen LogP contribution in [0.1, 0.15) is 62.6 Å². The summed E-state index contributed by atoms with van der Waals surface area (Å²) in [5.41, 5.74) is 3.24. The lowest BCUT2D eigenvalue weighted by molar-refractivity contribution is -0.385. The van der Waals surface area contributed by atoms with E-state index in [1.807, 2.05) is 13.8 Å². The molecule has 0 aliphatic heterocycles. The number of benzene rings is 1. The highest BCUT2D eigenvalue weighted by atomic mass is 35.5. The number of non-ortho nitro benzene ring substituents is 1. The predicted molar refractivity (Wildman–Crippen MR) is 75.4 cm³/mol. The minimum absolute atomic E-state index is 0.169. The Kier molecular flexibility index (Phi) is 5.15. The van der Waals surface area contributed by atoms with Gasteiger partial charge in [-0.3, -0.25) is 10.1 Å². The van der Waals surface area contributed by atoms with Crippen LogP contribution in [0.15, 0.2) is 12.1 Å². The second-order valence-corrected chi connectivity index (χ2v) is 5.22. The van der Waals surface area contributed by atoms with Crippen molar-refractivity contribution in [2.75, 3.05) is 0 Å². The highest BCUT2D eigenvalue weighted by Gasteiger charge is 2.20. The molecule has 18 heavy (non-hydrogen) atoms. The fourth-order valence-corrected chi connectivity index (χ4v) is 2.44. The molecule has 0 radical (unpaired) electrons. The first-order chi connectivity index (χ1) is 8.42. The average Bonchev–Trinajstić information content (AvgIpc) is 2.35. The van der Waals surface area contributed by atoms with Crippen LogP contribution in [-0.4, -0.2) is 4.92 Å². The van der Waals surface area contributed by atoms with Crippen molar-refractivity contribution in [2.45, 2.75) is 51.8 Å². The number of rotatable bonds is 5. The molecule has 0 saturated carbocycles. The summed E-state index contributed by atoms with van der Waals surface area (Å²) in [5, 5.41) is 11.0. The summed E-state index contributed by atoms with van der Waals surface area (Å²) in [6.07, 6.45) is 0.947. The van der Waals surface area contributed by atoms with E-state index in [-0.39, 0.29) is 22.4 Å². The van der Waals surface area contributed by atoms with Crippen LogP contribution in [0.5, 0.6) is 0 Å². The third-order valence-electron chi connectivity index (χ3n) is 3.41. The molecule has 3 nitrogen and oxygen atoms in total. The van der Waals surface area contributed by atoms with Gasteiger partial charge in [-0.2, -0.15) is 0 Å². The van der Waals surface area contributed by atoms with Gasteiger partial charge in [0.2, 0.25) is 0 Å². The van der Waals surface area contributed by atoms with Crippen molar-refractivity contribution in [3.05, 3.63) is 38.9 Å². The maximum Gasteiger partial charge on any atom is 0.270 e. The molecule has 1 aromatic carbocycles. The Morgan fingerprint density at radius 1 is 1.28 bits per heavy atom. The van der Waals surface area contributed by atoms with E-state index in [4.69, 9.17) is 11.6 Å². The van der Waals surface area contributed by atoms with Gasteiger partial charge >= 0.3 is 0 Å². The standard InChI is InChI=1S/C14H20ClNO2/c1-5-10(4)13-7-11(16(17)18)6-12(9(2)3)14(13)8-15/h6-7,9-10H,5,8H2,1-4H3. The lowest BCUT2D eigenvalue weighted by atomic mass is 9.87. The number of nitrogens with zero attached hydrogens (tertiary/aromatic N) is 1. The minimum Gasteiger partial charge on any atom is -0.258 e. The van der Waals surface area contributed by atoms with Crippen molar-refractivity contribution >= 4 is 17.3 Å². The highest BCUT2D eigenvalue weighted by molar-refractivity contribution is 6.17. The average molecular weight is 270 g/mol. The van der Waals surface area contributed by atoms with E-state index in [9.17, 15) is 10.1 Å². The van der Waals surface area contributed by atoms with E-state index in [2.05, 4.69) is 13.8 Å². The summed E-state index contributed by atoms with van der Waals surface area (Å²) in [7, 11) is 0. The molecule has 0 N–H and O–H groups in total. The lowest BCUT2D eigenvalue weighted by Crippen LogP contribution is -2.05. The summed E-state index contributed by atoms with van der Waals surface area (Å²) in [5.74, 6) is 0.933. The Morgan fingerprint density at radius 3 is 2.22 bits per heavy atom. The summed E-state index contributed by atoms with van der Waals surface area (Å²) in [6, 6.07) is 3.34. The van der Waals surface area contributed by atoms with Crippen LogP contribution in [0.2, 0.25) is 0 Å². The zero-order valence-electron chi connectivity index (χ0n) is 11.4. The number of alkyl halides is 1. The molecule has 0 saturated heterocycles. The quantitative estimate of drug-likeness (QED) is 0.430. The first kappa shape index (κ1) is 15.0. The molecule has 0 heterocycles. The summed E-state index contributed by atoms with van der Waals surface area (Å²) in [4.78, 5) is 10.7. The summed E-state index contributed by atoms with van der Waals surface area (Å²) in [6.45, 7) is 8.24. The van der Waals surface area contributed by atoms with Crippen LogP contribution in [0.4, 0.5) is 5.69 Å². The monoisotopic (exact) mass is 269 g/mol. The predicted octanol–water partition coefficient (Wildman–Crippen LogP) is 4.97. The van der Waals surface area contributed by atoms with Gasteiger partial charge < -0.3 is 0 Å². The molecule has 1 atom stereocenters. The third kappa shape index (κ3) is 3.02.